The molecule has 51 heteroatoms. The summed E-state index contributed by atoms with van der Waals surface area (Å²) in [5, 5.41) is 35.8. The van der Waals surface area contributed by atoms with Crippen LogP contribution in [0.3, 0.4) is 0 Å². The van der Waals surface area contributed by atoms with Crippen molar-refractivity contribution in [3.63, 3.8) is 0 Å². The van der Waals surface area contributed by atoms with Gasteiger partial charge in [0, 0.05) is 123 Å². The van der Waals surface area contributed by atoms with Crippen molar-refractivity contribution in [2.24, 2.45) is 12.9 Å². The summed E-state index contributed by atoms with van der Waals surface area (Å²) >= 11 is 0. The van der Waals surface area contributed by atoms with Crippen molar-refractivity contribution >= 4 is 107 Å². The molecule has 0 unspecified atom stereocenters. The Balaban J connectivity index is -0.000000183. The van der Waals surface area contributed by atoms with Gasteiger partial charge in [-0.25, -0.2) is 43.5 Å². The number of nitrogens with one attached hydrogen (secondary N) is 1. The van der Waals surface area contributed by atoms with E-state index >= 15 is 0 Å². The molecule has 0 saturated carbocycles. The SMILES string of the molecule is CC(=O)c1cccc(C(=O)N(C)C)n1.CC(=O)c1ccccn1.CCO.CCOC(=O)C(F)(F)F.CCOC(=O)CC(=O)c1ccccn1.CCOC(=O)c1ccccn1.CCOC(C)=O.CN(C)C(=O)c1cccc(-c2cc(C(F)(F)F)nn2C)n1.CN(C)C(=O)c1cccc(C(=O)CC(=O)C(F)(F)F)n1.CNN.C[O-].C[O-].O=C(O)c1ccccn1.O=S(Cl)Cl.[2H]CF.[Na+].[Na+]. The third-order valence-corrected chi connectivity index (χ3v) is 12.3. The molecule has 0 spiro atoms. The van der Waals surface area contributed by atoms with Gasteiger partial charge < -0.3 is 54.1 Å². The van der Waals surface area contributed by atoms with E-state index in [2.05, 4.69) is 86.8 Å². The average molecular weight is 1950 g/mol. The van der Waals surface area contributed by atoms with Crippen LogP contribution in [0, 0.1) is 0 Å². The van der Waals surface area contributed by atoms with Gasteiger partial charge in [0.1, 0.15) is 57.7 Å². The van der Waals surface area contributed by atoms with E-state index in [9.17, 15) is 106 Å². The fourth-order valence-corrected chi connectivity index (χ4v) is 7.15. The Hall–Kier alpha value is -10.8. The minimum absolute atomic E-state index is 0. The van der Waals surface area contributed by atoms with E-state index in [-0.39, 0.29) is 161 Å². The standard InChI is InChI=1S/C13H13F3N4O.C12H11F3N2O3.C10H12N2O2.C10H11NO3.C8H9NO2.C7H7NO.C6H5NO2.C4H5F3O2.C4H8O2.C2H6O.CH3F.CH6N2.2CH3O.Cl2OS.2Na/c1-19(2)12(21)9-6-4-5-8(17-9)10-7-11(13(14,15)16)18-20(10)3;1-17(2)11(20)8-5-3-4-7(16-8)9(18)6-10(19)12(13,14)15;1-7(13)8-5-4-6-9(11-8)10(14)12(2)3;1-2-14-10(13)7-9(12)8-5-3-4-6-11-8;1-2-11-8(10)7-5-3-4-6-9-7;1-6(9)7-4-2-3-5-8-7;8-6(9)5-3-1-2-4-7-5;1-2-9-3(8)4(5,6)7;1-3-6-4(2)5;1-2-3;1-2;1-3-2;2*1-2;1-4(2)3;;/h4-7H,1-3H3;3-5H,6H2,1-2H3;4-6H,1-3H3;3-6H,2,7H2,1H3;3-6H,2H2,1H3;2-5H,1H3;1-4H,(H,8,9);2H2,1H3;3H2,1-2H3;3H,2H2,1H3;1H3;3H,2H2,1H3;2*1H3;;;/q;;;;;;;;;;;;2*-1;;2*+1/i;;;;;;;;;;1D;;;;;;. The molecule has 0 fully saturated rings. The number of ketones is 5. The number of esters is 4. The quantitative estimate of drug-likeness (QED) is 0.0110. The van der Waals surface area contributed by atoms with Crippen LogP contribution in [-0.2, 0) is 60.6 Å². The van der Waals surface area contributed by atoms with Gasteiger partial charge >= 0.3 is 107 Å². The molecule has 36 nitrogen and oxygen atoms in total. The van der Waals surface area contributed by atoms with Crippen LogP contribution in [0.2, 0.25) is 0 Å². The smallest absolute Gasteiger partial charge is 0.857 e. The number of hydrogen-bond donors (Lipinski definition) is 4. The summed E-state index contributed by atoms with van der Waals surface area (Å²) in [6.45, 7) is 13.7. The normalized spacial score (nSPS) is 9.47. The number of carboxylic acid groups (broad SMARTS) is 1. The van der Waals surface area contributed by atoms with Crippen molar-refractivity contribution in [3.05, 3.63) is 215 Å². The zero-order chi connectivity index (χ0) is 102. The fourth-order valence-electron chi connectivity index (χ4n) is 7.15. The molecule has 8 aromatic rings. The first kappa shape index (κ1) is 136. The van der Waals surface area contributed by atoms with Crippen LogP contribution in [0.25, 0.3) is 11.4 Å². The molecule has 0 atom stereocenters. The molecule has 0 aliphatic heterocycles. The molecule has 0 saturated heterocycles. The number of halogens is 12. The van der Waals surface area contributed by atoms with Crippen LogP contribution in [-0.4, -0.2) is 266 Å². The van der Waals surface area contributed by atoms with Gasteiger partial charge in [0.25, 0.3) is 17.7 Å². The summed E-state index contributed by atoms with van der Waals surface area (Å²) in [4.78, 5) is 172. The predicted octanol–water partition coefficient (Wildman–Crippen LogP) is 3.56. The maximum Gasteiger partial charge on any atom is 1.00 e. The van der Waals surface area contributed by atoms with Crippen LogP contribution < -0.4 is 80.6 Å². The van der Waals surface area contributed by atoms with Crippen molar-refractivity contribution in [2.75, 3.05) is 104 Å². The third kappa shape index (κ3) is 69.8. The van der Waals surface area contributed by atoms with Crippen molar-refractivity contribution < 1.29 is 210 Å². The Bertz CT molecular complexity index is 4580. The number of nitrogens with zero attached hydrogens (tertiary/aromatic N) is 12. The minimum Gasteiger partial charge on any atom is -0.857 e. The van der Waals surface area contributed by atoms with Gasteiger partial charge in [0.15, 0.2) is 28.8 Å². The molecule has 5 N–H and O–H groups in total. The van der Waals surface area contributed by atoms with Gasteiger partial charge in [-0.1, -0.05) is 42.5 Å². The number of carbonyl (C=O) groups excluding carboxylic acids is 12. The van der Waals surface area contributed by atoms with Gasteiger partial charge in [-0.2, -0.15) is 58.8 Å². The summed E-state index contributed by atoms with van der Waals surface area (Å²) in [7, 11) is 20.3. The molecule has 716 valence electrons. The second-order valence-corrected chi connectivity index (χ2v) is 25.2. The number of hydrazine groups is 1. The number of aromatic carboxylic acids is 1. The van der Waals surface area contributed by atoms with E-state index in [0.29, 0.717) is 41.7 Å². The zero-order valence-electron chi connectivity index (χ0n) is 76.1. The summed E-state index contributed by atoms with van der Waals surface area (Å²) in [5.74, 6) is -4.31. The number of carboxylic acids is 1. The number of rotatable bonds is 18. The number of hydrogen-bond acceptors (Lipinski definition) is 31. The Morgan fingerprint density at radius 1 is 0.504 bits per heavy atom. The second-order valence-electron chi connectivity index (χ2n) is 22.7. The largest absolute Gasteiger partial charge is 1.00 e. The first-order valence-electron chi connectivity index (χ1n) is 36.8. The third-order valence-electron chi connectivity index (χ3n) is 12.3. The number of aliphatic hydroxyl groups is 1. The van der Waals surface area contributed by atoms with E-state index in [1.807, 2.05) is 0 Å². The number of alkyl halides is 10. The Kier molecular flexibility index (Phi) is 84.1. The first-order chi connectivity index (χ1) is 60.8. The molecule has 0 radical (unpaired) electrons. The van der Waals surface area contributed by atoms with Crippen molar-refractivity contribution in [2.45, 2.75) is 86.8 Å². The molecule has 0 aliphatic carbocycles. The van der Waals surface area contributed by atoms with Crippen LogP contribution >= 0.6 is 21.4 Å². The molecular formula is C80H102Cl2F10N14Na2O22S. The topological polar surface area (TPSA) is 518 Å². The Morgan fingerprint density at radius 3 is 1.11 bits per heavy atom. The first-order valence-corrected chi connectivity index (χ1v) is 38.9. The summed E-state index contributed by atoms with van der Waals surface area (Å²) in [6.07, 6.45) is -9.87. The Labute approximate surface area is 806 Å². The number of aryl methyl sites for hydroxylation is 1. The van der Waals surface area contributed by atoms with Crippen LogP contribution in [0.15, 0.2) is 158 Å². The molecule has 8 heterocycles. The Morgan fingerprint density at radius 2 is 0.824 bits per heavy atom. The van der Waals surface area contributed by atoms with Gasteiger partial charge in [-0.05, 0) is 133 Å². The maximum atomic E-state index is 12.7. The number of pyridine rings is 7. The molecule has 131 heavy (non-hydrogen) atoms. The maximum absolute atomic E-state index is 12.7. The van der Waals surface area contributed by atoms with Crippen LogP contribution in [0.4, 0.5) is 43.9 Å². The van der Waals surface area contributed by atoms with E-state index < -0.39 is 82.4 Å². The number of aromatic nitrogens is 9. The molecular weight excluding hydrogens is 1850 g/mol. The molecule has 0 bridgehead atoms. The van der Waals surface area contributed by atoms with Gasteiger partial charge in [0.2, 0.25) is 15.0 Å². The number of nitrogens with two attached hydrogens (primary N) is 1. The summed E-state index contributed by atoms with van der Waals surface area (Å²) in [6, 6.07) is 34.3. The molecule has 8 aromatic heterocycles. The zero-order valence-corrected chi connectivity index (χ0v) is 81.4. The van der Waals surface area contributed by atoms with Gasteiger partial charge in [-0.3, -0.25) is 78.3 Å². The van der Waals surface area contributed by atoms with Crippen molar-refractivity contribution in [1.82, 2.24) is 64.8 Å². The second kappa shape index (κ2) is 81.2. The van der Waals surface area contributed by atoms with Crippen molar-refractivity contribution in [3.8, 4) is 11.4 Å². The van der Waals surface area contributed by atoms with E-state index in [1.54, 1.807) is 166 Å². The van der Waals surface area contributed by atoms with Crippen molar-refractivity contribution in [1.29, 1.82) is 0 Å². The molecule has 3 amide bonds. The average Bonchev–Trinajstić information content (AvgIpc) is 1.66. The van der Waals surface area contributed by atoms with Gasteiger partial charge in [0.05, 0.1) is 52.8 Å². The number of ether oxygens (including phenoxy) is 4. The van der Waals surface area contributed by atoms with Crippen LogP contribution in [0.5, 0.6) is 0 Å². The summed E-state index contributed by atoms with van der Waals surface area (Å²) in [5.41, 5.74) is 3.29. The number of carbonyl (C=O) groups is 13. The summed E-state index contributed by atoms with van der Waals surface area (Å²) < 4.78 is 151. The van der Waals surface area contributed by atoms with E-state index in [0.717, 1.165) is 31.0 Å². The number of Topliss-reactive ketones (excluding diaryl/α,β-unsaturated/α-hetero) is 5. The molecule has 0 aromatic carbocycles. The monoisotopic (exact) mass is 1950 g/mol. The predicted molar refractivity (Wildman–Crippen MR) is 449 cm³/mol. The molecule has 8 rings (SSSR count). The van der Waals surface area contributed by atoms with Crippen LogP contribution in [0.1, 0.15) is 170 Å². The number of amides is 3. The van der Waals surface area contributed by atoms with E-state index in [4.69, 9.17) is 30.7 Å². The number of aliphatic hydroxyl groups excluding tert-OH is 1. The molecule has 0 aliphatic rings. The minimum atomic E-state index is -5.06. The fraction of sp³-hybridized carbons (Fsp3) is 0.362. The van der Waals surface area contributed by atoms with E-state index in [1.165, 1.54) is 106 Å². The van der Waals surface area contributed by atoms with Gasteiger partial charge in [-0.15, -0.1) is 0 Å².